The van der Waals surface area contributed by atoms with Crippen LogP contribution in [0.5, 0.6) is 0 Å². The van der Waals surface area contributed by atoms with E-state index in [1.165, 1.54) is 9.36 Å². The maximum Gasteiger partial charge on any atom is 0.351 e. The van der Waals surface area contributed by atoms with Gasteiger partial charge < -0.3 is 0 Å². The van der Waals surface area contributed by atoms with Crippen molar-refractivity contribution >= 4 is 21.4 Å². The fourth-order valence-electron chi connectivity index (χ4n) is 2.32. The van der Waals surface area contributed by atoms with E-state index >= 15 is 0 Å². The second-order valence-electron chi connectivity index (χ2n) is 4.78. The lowest BCUT2D eigenvalue weighted by Crippen LogP contribution is -2.29. The van der Waals surface area contributed by atoms with E-state index in [4.69, 9.17) is 11.6 Å². The molecule has 0 amide bonds. The highest BCUT2D eigenvalue weighted by atomic mass is 35.5. The van der Waals surface area contributed by atoms with Crippen molar-refractivity contribution < 1.29 is 8.42 Å². The van der Waals surface area contributed by atoms with Crippen LogP contribution >= 0.6 is 11.6 Å². The van der Waals surface area contributed by atoms with Crippen LogP contribution in [0, 0.1) is 0 Å². The highest BCUT2D eigenvalue weighted by Crippen LogP contribution is 2.11. The number of hydrogen-bond donors (Lipinski definition) is 0. The Kier molecular flexibility index (Phi) is 3.29. The number of halogens is 1. The van der Waals surface area contributed by atoms with Gasteiger partial charge in [-0.1, -0.05) is 11.6 Å². The first-order valence-corrected chi connectivity index (χ1v) is 8.48. The number of fused-ring (bicyclic) bond motifs is 1. The molecule has 0 radical (unpaired) electrons. The number of aromatic nitrogens is 3. The summed E-state index contributed by atoms with van der Waals surface area (Å²) in [4.78, 5) is 24.7. The van der Waals surface area contributed by atoms with E-state index in [0.29, 0.717) is 10.7 Å². The maximum atomic E-state index is 12.4. The Morgan fingerprint density at radius 1 is 0.905 bits per heavy atom. The zero-order chi connectivity index (χ0) is 15.2. The minimum atomic E-state index is -3.22. The van der Waals surface area contributed by atoms with Gasteiger partial charge in [-0.05, 0) is 24.3 Å². The molecule has 0 bridgehead atoms. The Morgan fingerprint density at radius 3 is 1.86 bits per heavy atom. The fraction of sp³-hybridized carbons (Fsp3) is 0.333. The topological polar surface area (TPSA) is 83.1 Å². The lowest BCUT2D eigenvalue weighted by Gasteiger charge is -2.00. The van der Waals surface area contributed by atoms with Crippen molar-refractivity contribution in [3.63, 3.8) is 0 Å². The van der Waals surface area contributed by atoms with Crippen LogP contribution in [0.15, 0.2) is 33.9 Å². The van der Waals surface area contributed by atoms with Gasteiger partial charge >= 0.3 is 11.4 Å². The van der Waals surface area contributed by atoms with E-state index in [0.717, 1.165) is 4.57 Å². The summed E-state index contributed by atoms with van der Waals surface area (Å²) in [5, 5.41) is 0.499. The van der Waals surface area contributed by atoms with Crippen molar-refractivity contribution in [3.05, 3.63) is 50.3 Å². The van der Waals surface area contributed by atoms with E-state index in [9.17, 15) is 18.0 Å². The van der Waals surface area contributed by atoms with Crippen LogP contribution in [-0.4, -0.2) is 33.9 Å². The Morgan fingerprint density at radius 2 is 1.38 bits per heavy atom. The summed E-state index contributed by atoms with van der Waals surface area (Å²) >= 11 is 5.79. The molecule has 1 aromatic heterocycles. The summed E-state index contributed by atoms with van der Waals surface area (Å²) in [5.74, 6) is -0.284. The molecule has 112 valence electrons. The molecule has 0 aliphatic carbocycles. The molecule has 0 fully saturated rings. The van der Waals surface area contributed by atoms with Crippen LogP contribution in [0.25, 0.3) is 5.69 Å². The van der Waals surface area contributed by atoms with Crippen molar-refractivity contribution in [2.75, 3.05) is 11.5 Å². The number of sulfone groups is 1. The van der Waals surface area contributed by atoms with Gasteiger partial charge in [-0.2, -0.15) is 0 Å². The molecule has 0 unspecified atom stereocenters. The molecule has 0 atom stereocenters. The van der Waals surface area contributed by atoms with Crippen LogP contribution in [0.4, 0.5) is 0 Å². The second kappa shape index (κ2) is 4.88. The van der Waals surface area contributed by atoms with Gasteiger partial charge in [0.25, 0.3) is 0 Å². The van der Waals surface area contributed by atoms with Crippen LogP contribution in [0.3, 0.4) is 0 Å². The van der Waals surface area contributed by atoms with Gasteiger partial charge in [0.2, 0.25) is 0 Å². The van der Waals surface area contributed by atoms with Gasteiger partial charge in [0.05, 0.1) is 30.3 Å². The third-order valence-electron chi connectivity index (χ3n) is 3.43. The normalized spacial score (nSPS) is 17.2. The van der Waals surface area contributed by atoms with E-state index in [1.807, 2.05) is 0 Å². The molecule has 1 aromatic carbocycles. The predicted molar refractivity (Wildman–Crippen MR) is 78.0 cm³/mol. The molecule has 0 N–H and O–H groups in total. The molecule has 1 aliphatic heterocycles. The van der Waals surface area contributed by atoms with Gasteiger partial charge in [0, 0.05) is 5.02 Å². The van der Waals surface area contributed by atoms with Gasteiger partial charge in [0.1, 0.15) is 0 Å². The molecule has 21 heavy (non-hydrogen) atoms. The van der Waals surface area contributed by atoms with E-state index in [-0.39, 0.29) is 24.6 Å². The van der Waals surface area contributed by atoms with Crippen LogP contribution in [-0.2, 0) is 22.9 Å². The van der Waals surface area contributed by atoms with Crippen molar-refractivity contribution in [1.29, 1.82) is 0 Å². The first-order chi connectivity index (χ1) is 9.89. The van der Waals surface area contributed by atoms with Gasteiger partial charge in [-0.15, -0.1) is 0 Å². The van der Waals surface area contributed by atoms with Gasteiger partial charge in [0.15, 0.2) is 9.84 Å². The van der Waals surface area contributed by atoms with Gasteiger partial charge in [-0.25, -0.2) is 31.9 Å². The number of nitrogens with zero attached hydrogens (tertiary/aromatic N) is 3. The zero-order valence-corrected chi connectivity index (χ0v) is 12.5. The Balaban J connectivity index is 2.17. The van der Waals surface area contributed by atoms with Crippen LogP contribution < -0.4 is 11.4 Å². The minimum absolute atomic E-state index is 0.0169. The smallest absolute Gasteiger partial charge is 0.246 e. The van der Waals surface area contributed by atoms with Crippen LogP contribution in [0.2, 0.25) is 5.02 Å². The molecule has 3 rings (SSSR count). The first kappa shape index (κ1) is 14.2. The maximum absolute atomic E-state index is 12.4. The molecule has 2 aromatic rings. The van der Waals surface area contributed by atoms with E-state index in [1.54, 1.807) is 24.3 Å². The van der Waals surface area contributed by atoms with Crippen molar-refractivity contribution in [3.8, 4) is 5.69 Å². The highest BCUT2D eigenvalue weighted by Gasteiger charge is 2.24. The highest BCUT2D eigenvalue weighted by molar-refractivity contribution is 7.91. The lowest BCUT2D eigenvalue weighted by molar-refractivity contribution is 0.480. The zero-order valence-electron chi connectivity index (χ0n) is 10.9. The fourth-order valence-corrected chi connectivity index (χ4v) is 3.55. The summed E-state index contributed by atoms with van der Waals surface area (Å²) in [6.07, 6.45) is 0. The Labute approximate surface area is 124 Å². The molecular formula is C12H12ClN3O4S. The number of rotatable bonds is 1. The summed E-state index contributed by atoms with van der Waals surface area (Å²) in [7, 11) is -3.22. The quantitative estimate of drug-likeness (QED) is 0.730. The van der Waals surface area contributed by atoms with Crippen LogP contribution in [0.1, 0.15) is 0 Å². The second-order valence-corrected chi connectivity index (χ2v) is 7.52. The molecule has 2 heterocycles. The molecule has 0 saturated heterocycles. The lowest BCUT2D eigenvalue weighted by atomic mass is 10.3. The molecule has 0 spiro atoms. The molecular weight excluding hydrogens is 318 g/mol. The molecule has 0 saturated carbocycles. The van der Waals surface area contributed by atoms with Crippen molar-refractivity contribution in [2.45, 2.75) is 13.1 Å². The summed E-state index contributed by atoms with van der Waals surface area (Å²) in [5.41, 5.74) is -0.677. The van der Waals surface area contributed by atoms with Crippen molar-refractivity contribution in [2.24, 2.45) is 0 Å². The van der Waals surface area contributed by atoms with Gasteiger partial charge in [-0.3, -0.25) is 0 Å². The third-order valence-corrected chi connectivity index (χ3v) is 5.29. The summed E-state index contributed by atoms with van der Waals surface area (Å²) < 4.78 is 26.6. The number of hydrogen-bond acceptors (Lipinski definition) is 4. The Hall–Kier alpha value is -1.80. The average molecular weight is 330 g/mol. The SMILES string of the molecule is O=c1n(-c2ccc(Cl)cc2)c(=O)n2n1CCS(=O)(=O)CC2. The summed E-state index contributed by atoms with van der Waals surface area (Å²) in [6.45, 7) is -0.0337. The number of benzene rings is 1. The molecule has 7 nitrogen and oxygen atoms in total. The predicted octanol–water partition coefficient (Wildman–Crippen LogP) is -0.118. The minimum Gasteiger partial charge on any atom is -0.246 e. The monoisotopic (exact) mass is 329 g/mol. The first-order valence-electron chi connectivity index (χ1n) is 6.28. The van der Waals surface area contributed by atoms with E-state index < -0.39 is 21.2 Å². The largest absolute Gasteiger partial charge is 0.351 e. The third kappa shape index (κ3) is 2.44. The molecule has 1 aliphatic rings. The average Bonchev–Trinajstić information content (AvgIpc) is 2.56. The standard InChI is InChI=1S/C12H12ClN3O4S/c13-9-1-3-10(4-2-9)16-11(17)14-5-7-21(19,20)8-6-15(14)12(16)18/h1-4H,5-8H2. The Bertz CT molecular complexity index is 860. The van der Waals surface area contributed by atoms with E-state index in [2.05, 4.69) is 0 Å². The molecule has 9 heteroatoms. The summed E-state index contributed by atoms with van der Waals surface area (Å²) in [6, 6.07) is 6.31. The van der Waals surface area contributed by atoms with Crippen molar-refractivity contribution in [1.82, 2.24) is 13.9 Å².